The summed E-state index contributed by atoms with van der Waals surface area (Å²) in [6, 6.07) is 10.9. The van der Waals surface area contributed by atoms with Crippen molar-refractivity contribution in [2.45, 2.75) is 56.5 Å². The van der Waals surface area contributed by atoms with Crippen LogP contribution in [0.25, 0.3) is 0 Å². The molecule has 1 spiro atoms. The third-order valence-electron chi connectivity index (χ3n) is 8.72. The predicted molar refractivity (Wildman–Crippen MR) is 144 cm³/mol. The van der Waals surface area contributed by atoms with Crippen LogP contribution < -0.4 is 15.1 Å². The number of piperazine rings is 1. The molecule has 2 aliphatic heterocycles. The van der Waals surface area contributed by atoms with Crippen LogP contribution in [-0.4, -0.2) is 84.7 Å². The van der Waals surface area contributed by atoms with E-state index in [2.05, 4.69) is 81.3 Å². The first-order valence-electron chi connectivity index (χ1n) is 13.6. The molecule has 2 amide bonds. The number of benzene rings is 1. The Morgan fingerprint density at radius 2 is 1.67 bits per heavy atom. The standard InChI is InChI=1S/C28H41N7O/c1-4-5-15-33(3)28(23-9-7-6-8-10-23)13-11-27(12-14-28)22-35(26(36)31-27)24-20-29-25(30-21-24)34-18-16-32(2)17-19-34/h6-10,20-21H,4-5,11-19,22H2,1-3H3,(H,31,36)/t27-,28+. The molecule has 0 atom stereocenters. The number of unbranched alkanes of at least 4 members (excludes halogenated alkanes) is 1. The topological polar surface area (TPSA) is 67.8 Å². The molecule has 2 aromatic rings. The molecule has 8 nitrogen and oxygen atoms in total. The number of nitrogens with one attached hydrogen (secondary N) is 1. The zero-order valence-corrected chi connectivity index (χ0v) is 22.1. The molecule has 1 aromatic heterocycles. The van der Waals surface area contributed by atoms with E-state index < -0.39 is 0 Å². The van der Waals surface area contributed by atoms with Crippen LogP contribution in [0.2, 0.25) is 0 Å². The summed E-state index contributed by atoms with van der Waals surface area (Å²) in [7, 11) is 4.42. The fraction of sp³-hybridized carbons (Fsp3) is 0.607. The average molecular weight is 492 g/mol. The number of hydrogen-bond donors (Lipinski definition) is 1. The Morgan fingerprint density at radius 1 is 1.00 bits per heavy atom. The van der Waals surface area contributed by atoms with Gasteiger partial charge in [0.1, 0.15) is 0 Å². The van der Waals surface area contributed by atoms with Crippen LogP contribution in [-0.2, 0) is 5.54 Å². The maximum atomic E-state index is 13.1. The SMILES string of the molecule is CCCCN(C)[C@]1(c2ccccc2)CC[C@]2(CC1)CN(c1cnc(N3CCN(C)CC3)nc1)C(=O)N2. The lowest BCUT2D eigenvalue weighted by atomic mass is 9.68. The van der Waals surface area contributed by atoms with Gasteiger partial charge >= 0.3 is 6.03 Å². The number of urea groups is 1. The van der Waals surface area contributed by atoms with E-state index in [-0.39, 0.29) is 17.1 Å². The smallest absolute Gasteiger partial charge is 0.322 e. The van der Waals surface area contributed by atoms with Crippen molar-refractivity contribution < 1.29 is 4.79 Å². The highest BCUT2D eigenvalue weighted by Gasteiger charge is 2.50. The number of hydrogen-bond acceptors (Lipinski definition) is 6. The van der Waals surface area contributed by atoms with Gasteiger partial charge < -0.3 is 15.1 Å². The maximum absolute atomic E-state index is 13.1. The number of carbonyl (C=O) groups is 1. The number of anilines is 2. The van der Waals surface area contributed by atoms with Crippen molar-refractivity contribution in [2.75, 3.05) is 63.2 Å². The highest BCUT2D eigenvalue weighted by atomic mass is 16.2. The zero-order valence-electron chi connectivity index (χ0n) is 22.1. The van der Waals surface area contributed by atoms with Crippen molar-refractivity contribution in [1.29, 1.82) is 0 Å². The minimum absolute atomic E-state index is 0.0209. The molecule has 8 heteroatoms. The maximum Gasteiger partial charge on any atom is 0.322 e. The van der Waals surface area contributed by atoms with E-state index in [1.807, 2.05) is 17.3 Å². The normalized spacial score (nSPS) is 27.2. The molecule has 3 fully saturated rings. The fourth-order valence-electron chi connectivity index (χ4n) is 6.21. The lowest BCUT2D eigenvalue weighted by molar-refractivity contribution is 0.0444. The number of nitrogens with zero attached hydrogens (tertiary/aromatic N) is 6. The van der Waals surface area contributed by atoms with Crippen LogP contribution in [0.3, 0.4) is 0 Å². The Hall–Kier alpha value is -2.71. The number of carbonyl (C=O) groups excluding carboxylic acids is 1. The highest BCUT2D eigenvalue weighted by Crippen LogP contribution is 2.46. The summed E-state index contributed by atoms with van der Waals surface area (Å²) < 4.78 is 0. The second kappa shape index (κ2) is 10.3. The summed E-state index contributed by atoms with van der Waals surface area (Å²) in [6.45, 7) is 7.90. The van der Waals surface area contributed by atoms with Gasteiger partial charge in [0, 0.05) is 31.7 Å². The number of rotatable bonds is 7. The Bertz CT molecular complexity index is 1010. The molecular weight excluding hydrogens is 450 g/mol. The average Bonchev–Trinajstić information content (AvgIpc) is 3.24. The van der Waals surface area contributed by atoms with E-state index in [0.717, 1.165) is 70.0 Å². The first-order valence-corrected chi connectivity index (χ1v) is 13.6. The van der Waals surface area contributed by atoms with Gasteiger partial charge in [-0.25, -0.2) is 14.8 Å². The van der Waals surface area contributed by atoms with Gasteiger partial charge in [-0.1, -0.05) is 43.7 Å². The number of amides is 2. The molecule has 1 aromatic carbocycles. The van der Waals surface area contributed by atoms with Gasteiger partial charge in [-0.05, 0) is 58.3 Å². The van der Waals surface area contributed by atoms with Crippen LogP contribution in [0, 0.1) is 0 Å². The third-order valence-corrected chi connectivity index (χ3v) is 8.72. The molecule has 2 saturated heterocycles. The molecule has 3 heterocycles. The molecule has 3 aliphatic rings. The largest absolute Gasteiger partial charge is 0.338 e. The number of aromatic nitrogens is 2. The monoisotopic (exact) mass is 491 g/mol. The second-order valence-corrected chi connectivity index (χ2v) is 11.0. The van der Waals surface area contributed by atoms with Crippen LogP contribution in [0.4, 0.5) is 16.4 Å². The first kappa shape index (κ1) is 25.0. The van der Waals surface area contributed by atoms with E-state index in [1.165, 1.54) is 18.4 Å². The third kappa shape index (κ3) is 4.81. The zero-order chi connectivity index (χ0) is 25.2. The molecule has 0 bridgehead atoms. The van der Waals surface area contributed by atoms with Gasteiger partial charge in [-0.2, -0.15) is 0 Å². The molecule has 0 unspecified atom stereocenters. The second-order valence-electron chi connectivity index (χ2n) is 11.0. The van der Waals surface area contributed by atoms with E-state index in [1.54, 1.807) is 0 Å². The van der Waals surface area contributed by atoms with Gasteiger partial charge in [-0.15, -0.1) is 0 Å². The quantitative estimate of drug-likeness (QED) is 0.637. The lowest BCUT2D eigenvalue weighted by Crippen LogP contribution is -2.55. The highest BCUT2D eigenvalue weighted by molar-refractivity contribution is 5.95. The van der Waals surface area contributed by atoms with Crippen LogP contribution in [0.5, 0.6) is 0 Å². The molecule has 1 saturated carbocycles. The van der Waals surface area contributed by atoms with E-state index in [4.69, 9.17) is 0 Å². The van der Waals surface area contributed by atoms with Crippen molar-refractivity contribution in [1.82, 2.24) is 25.1 Å². The lowest BCUT2D eigenvalue weighted by Gasteiger charge is -2.50. The summed E-state index contributed by atoms with van der Waals surface area (Å²) in [6.07, 6.45) is 10.0. The van der Waals surface area contributed by atoms with Gasteiger partial charge in [0.25, 0.3) is 0 Å². The van der Waals surface area contributed by atoms with Gasteiger partial charge in [-0.3, -0.25) is 9.80 Å². The summed E-state index contributed by atoms with van der Waals surface area (Å²) in [5.74, 6) is 0.751. The van der Waals surface area contributed by atoms with Crippen molar-refractivity contribution in [3.05, 3.63) is 48.3 Å². The molecular formula is C28H41N7O. The summed E-state index contributed by atoms with van der Waals surface area (Å²) in [4.78, 5) is 31.3. The Morgan fingerprint density at radius 3 is 2.31 bits per heavy atom. The molecule has 36 heavy (non-hydrogen) atoms. The minimum Gasteiger partial charge on any atom is -0.338 e. The Labute approximate surface area is 215 Å². The van der Waals surface area contributed by atoms with Crippen molar-refractivity contribution in [2.24, 2.45) is 0 Å². The van der Waals surface area contributed by atoms with Crippen LogP contribution in [0.15, 0.2) is 42.7 Å². The molecule has 1 aliphatic carbocycles. The van der Waals surface area contributed by atoms with Gasteiger partial charge in [0.05, 0.1) is 30.2 Å². The van der Waals surface area contributed by atoms with Crippen molar-refractivity contribution >= 4 is 17.7 Å². The summed E-state index contributed by atoms with van der Waals surface area (Å²) in [5, 5.41) is 3.37. The van der Waals surface area contributed by atoms with E-state index in [9.17, 15) is 4.79 Å². The molecule has 1 N–H and O–H groups in total. The molecule has 0 radical (unpaired) electrons. The molecule has 194 valence electrons. The first-order chi connectivity index (χ1) is 17.4. The molecule has 5 rings (SSSR count). The van der Waals surface area contributed by atoms with E-state index >= 15 is 0 Å². The van der Waals surface area contributed by atoms with Crippen molar-refractivity contribution in [3.63, 3.8) is 0 Å². The Balaban J connectivity index is 1.28. The Kier molecular flexibility index (Phi) is 7.17. The predicted octanol–water partition coefficient (Wildman–Crippen LogP) is 3.70. The van der Waals surface area contributed by atoms with Crippen molar-refractivity contribution in [3.8, 4) is 0 Å². The number of likely N-dealkylation sites (N-methyl/N-ethyl adjacent to an activating group) is 1. The van der Waals surface area contributed by atoms with Crippen LogP contribution >= 0.6 is 0 Å². The summed E-state index contributed by atoms with van der Waals surface area (Å²) in [5.41, 5.74) is 2.00. The van der Waals surface area contributed by atoms with Gasteiger partial charge in [0.2, 0.25) is 5.95 Å². The summed E-state index contributed by atoms with van der Waals surface area (Å²) >= 11 is 0. The van der Waals surface area contributed by atoms with E-state index in [0.29, 0.717) is 6.54 Å². The minimum atomic E-state index is -0.197. The van der Waals surface area contributed by atoms with Gasteiger partial charge in [0.15, 0.2) is 0 Å². The van der Waals surface area contributed by atoms with Crippen LogP contribution in [0.1, 0.15) is 51.0 Å². The fourth-order valence-corrected chi connectivity index (χ4v) is 6.21.